The Morgan fingerprint density at radius 1 is 1.57 bits per heavy atom. The molecule has 0 bridgehead atoms. The summed E-state index contributed by atoms with van der Waals surface area (Å²) in [6, 6.07) is 2.96. The van der Waals surface area contributed by atoms with E-state index in [1.54, 1.807) is 13.0 Å². The minimum Gasteiger partial charge on any atom is -0.469 e. The highest BCUT2D eigenvalue weighted by Gasteiger charge is 2.07. The quantitative estimate of drug-likeness (QED) is 0.701. The largest absolute Gasteiger partial charge is 0.469 e. The number of anilines is 1. The molecule has 0 unspecified atom stereocenters. The lowest BCUT2D eigenvalue weighted by Crippen LogP contribution is -2.09. The molecule has 0 aliphatic carbocycles. The number of nitrogens with two attached hydrogens (primary N) is 1. The first kappa shape index (κ1) is 8.55. The van der Waals surface area contributed by atoms with Gasteiger partial charge < -0.3 is 15.1 Å². The first-order valence-corrected chi connectivity index (χ1v) is 4.08. The summed E-state index contributed by atoms with van der Waals surface area (Å²) in [7, 11) is 0. The van der Waals surface area contributed by atoms with Gasteiger partial charge in [0.1, 0.15) is 17.4 Å². The van der Waals surface area contributed by atoms with E-state index in [2.05, 4.69) is 9.97 Å². The van der Waals surface area contributed by atoms with Crippen LogP contribution in [0, 0.1) is 6.92 Å². The average Bonchev–Trinajstić information content (AvgIpc) is 2.49. The van der Waals surface area contributed by atoms with Gasteiger partial charge in [0.25, 0.3) is 5.56 Å². The van der Waals surface area contributed by atoms with E-state index >= 15 is 0 Å². The van der Waals surface area contributed by atoms with Crippen molar-refractivity contribution in [3.8, 4) is 11.4 Å². The fraction of sp³-hybridized carbons (Fsp3) is 0.111. The van der Waals surface area contributed by atoms with Gasteiger partial charge in [0.05, 0.1) is 11.8 Å². The summed E-state index contributed by atoms with van der Waals surface area (Å²) in [5, 5.41) is 0. The molecule has 0 aromatic carbocycles. The molecule has 3 N–H and O–H groups in total. The number of H-pyrrole nitrogens is 1. The Kier molecular flexibility index (Phi) is 1.85. The van der Waals surface area contributed by atoms with E-state index in [4.69, 9.17) is 10.2 Å². The molecule has 14 heavy (non-hydrogen) atoms. The van der Waals surface area contributed by atoms with E-state index < -0.39 is 0 Å². The Morgan fingerprint density at radius 2 is 2.36 bits per heavy atom. The fourth-order valence-electron chi connectivity index (χ4n) is 1.23. The van der Waals surface area contributed by atoms with Gasteiger partial charge >= 0.3 is 0 Å². The van der Waals surface area contributed by atoms with Gasteiger partial charge in [-0.2, -0.15) is 0 Å². The first-order chi connectivity index (χ1) is 6.66. The lowest BCUT2D eigenvalue weighted by Gasteiger charge is -1.98. The van der Waals surface area contributed by atoms with Crippen LogP contribution in [0.25, 0.3) is 11.4 Å². The Balaban J connectivity index is 2.63. The topological polar surface area (TPSA) is 84.9 Å². The minimum atomic E-state index is -0.270. The summed E-state index contributed by atoms with van der Waals surface area (Å²) < 4.78 is 5.10. The van der Waals surface area contributed by atoms with Crippen LogP contribution < -0.4 is 11.3 Å². The molecule has 2 heterocycles. The number of nitrogens with one attached hydrogen (secondary N) is 1. The van der Waals surface area contributed by atoms with Crippen molar-refractivity contribution in [2.24, 2.45) is 0 Å². The number of nitrogens with zero attached hydrogens (tertiary/aromatic N) is 1. The SMILES string of the molecule is Cc1occc1-c1nc(N)cc(=O)[nH]1. The second-order valence-corrected chi connectivity index (χ2v) is 2.91. The van der Waals surface area contributed by atoms with Crippen LogP contribution in [-0.2, 0) is 0 Å². The van der Waals surface area contributed by atoms with Gasteiger partial charge in [0, 0.05) is 6.07 Å². The van der Waals surface area contributed by atoms with Crippen LogP contribution in [0.2, 0.25) is 0 Å². The lowest BCUT2D eigenvalue weighted by molar-refractivity contribution is 0.535. The second kappa shape index (κ2) is 3.02. The monoisotopic (exact) mass is 191 g/mol. The van der Waals surface area contributed by atoms with Crippen molar-refractivity contribution in [1.29, 1.82) is 0 Å². The predicted octanol–water partition coefficient (Wildman–Crippen LogP) is 0.921. The summed E-state index contributed by atoms with van der Waals surface area (Å²) in [4.78, 5) is 17.7. The van der Waals surface area contributed by atoms with Crippen LogP contribution in [0.15, 0.2) is 27.6 Å². The smallest absolute Gasteiger partial charge is 0.253 e. The maximum absolute atomic E-state index is 11.1. The third-order valence-electron chi connectivity index (χ3n) is 1.88. The number of aromatic amines is 1. The van der Waals surface area contributed by atoms with E-state index in [9.17, 15) is 4.79 Å². The van der Waals surface area contributed by atoms with E-state index in [0.717, 1.165) is 5.56 Å². The zero-order chi connectivity index (χ0) is 10.1. The van der Waals surface area contributed by atoms with Crippen molar-refractivity contribution in [3.05, 3.63) is 34.5 Å². The summed E-state index contributed by atoms with van der Waals surface area (Å²) in [5.41, 5.74) is 5.93. The molecule has 0 amide bonds. The second-order valence-electron chi connectivity index (χ2n) is 2.91. The molecule has 0 aliphatic heterocycles. The van der Waals surface area contributed by atoms with Gasteiger partial charge in [0.15, 0.2) is 0 Å². The number of aromatic nitrogens is 2. The fourth-order valence-corrected chi connectivity index (χ4v) is 1.23. The normalized spacial score (nSPS) is 10.4. The number of rotatable bonds is 1. The number of furan rings is 1. The van der Waals surface area contributed by atoms with Crippen molar-refractivity contribution < 1.29 is 4.42 Å². The molecule has 72 valence electrons. The van der Waals surface area contributed by atoms with Gasteiger partial charge in [-0.05, 0) is 13.0 Å². The molecular weight excluding hydrogens is 182 g/mol. The third kappa shape index (κ3) is 1.39. The summed E-state index contributed by atoms with van der Waals surface area (Å²) in [5.74, 6) is 1.32. The van der Waals surface area contributed by atoms with E-state index in [-0.39, 0.29) is 11.4 Å². The van der Waals surface area contributed by atoms with Gasteiger partial charge in [-0.15, -0.1) is 0 Å². The van der Waals surface area contributed by atoms with E-state index in [1.165, 1.54) is 12.3 Å². The maximum atomic E-state index is 11.1. The van der Waals surface area contributed by atoms with Gasteiger partial charge in [-0.1, -0.05) is 0 Å². The molecule has 0 spiro atoms. The van der Waals surface area contributed by atoms with Crippen molar-refractivity contribution in [2.45, 2.75) is 6.92 Å². The van der Waals surface area contributed by atoms with Crippen LogP contribution in [0.3, 0.4) is 0 Å². The third-order valence-corrected chi connectivity index (χ3v) is 1.88. The molecule has 2 aromatic rings. The Bertz CT molecular complexity index is 513. The Hall–Kier alpha value is -2.04. The molecule has 5 nitrogen and oxygen atoms in total. The standard InChI is InChI=1S/C9H9N3O2/c1-5-6(2-3-14-5)9-11-7(10)4-8(13)12-9/h2-4H,1H3,(H3,10,11,12,13). The predicted molar refractivity (Wildman–Crippen MR) is 51.7 cm³/mol. The van der Waals surface area contributed by atoms with Gasteiger partial charge in [-0.25, -0.2) is 4.98 Å². The summed E-state index contributed by atoms with van der Waals surface area (Å²) in [6.45, 7) is 1.79. The van der Waals surface area contributed by atoms with E-state index in [0.29, 0.717) is 11.6 Å². The molecule has 0 radical (unpaired) electrons. The zero-order valence-corrected chi connectivity index (χ0v) is 7.57. The van der Waals surface area contributed by atoms with Crippen molar-refractivity contribution in [3.63, 3.8) is 0 Å². The van der Waals surface area contributed by atoms with Gasteiger partial charge in [-0.3, -0.25) is 4.79 Å². The molecule has 0 saturated carbocycles. The van der Waals surface area contributed by atoms with Crippen LogP contribution in [0.5, 0.6) is 0 Å². The number of hydrogen-bond donors (Lipinski definition) is 2. The molecule has 0 fully saturated rings. The molecule has 0 aliphatic rings. The summed E-state index contributed by atoms with van der Waals surface area (Å²) in [6.07, 6.45) is 1.54. The molecule has 0 atom stereocenters. The molecule has 5 heteroatoms. The molecule has 0 saturated heterocycles. The number of nitrogen functional groups attached to an aromatic ring is 1. The molecule has 2 aromatic heterocycles. The maximum Gasteiger partial charge on any atom is 0.253 e. The van der Waals surface area contributed by atoms with Crippen LogP contribution in [0.4, 0.5) is 5.82 Å². The van der Waals surface area contributed by atoms with Crippen molar-refractivity contribution >= 4 is 5.82 Å². The highest BCUT2D eigenvalue weighted by atomic mass is 16.3. The van der Waals surface area contributed by atoms with Crippen LogP contribution >= 0.6 is 0 Å². The molecule has 2 rings (SSSR count). The Morgan fingerprint density at radius 3 is 2.93 bits per heavy atom. The average molecular weight is 191 g/mol. The summed E-state index contributed by atoms with van der Waals surface area (Å²) >= 11 is 0. The molecular formula is C9H9N3O2. The highest BCUT2D eigenvalue weighted by molar-refractivity contribution is 5.58. The Labute approximate surface area is 79.6 Å². The van der Waals surface area contributed by atoms with Crippen molar-refractivity contribution in [1.82, 2.24) is 9.97 Å². The van der Waals surface area contributed by atoms with E-state index in [1.807, 2.05) is 0 Å². The lowest BCUT2D eigenvalue weighted by atomic mass is 10.2. The van der Waals surface area contributed by atoms with Crippen molar-refractivity contribution in [2.75, 3.05) is 5.73 Å². The number of aryl methyl sites for hydroxylation is 1. The van der Waals surface area contributed by atoms with Gasteiger partial charge in [0.2, 0.25) is 0 Å². The van der Waals surface area contributed by atoms with Crippen LogP contribution in [0.1, 0.15) is 5.76 Å². The number of hydrogen-bond acceptors (Lipinski definition) is 4. The minimum absolute atomic E-state index is 0.198. The van der Waals surface area contributed by atoms with Crippen LogP contribution in [-0.4, -0.2) is 9.97 Å². The first-order valence-electron chi connectivity index (χ1n) is 4.08. The zero-order valence-electron chi connectivity index (χ0n) is 7.57. The highest BCUT2D eigenvalue weighted by Crippen LogP contribution is 2.19.